The molecule has 104 heavy (non-hydrogen) atoms. The Morgan fingerprint density at radius 1 is 0.250 bits per heavy atom. The third kappa shape index (κ3) is 21.0. The Morgan fingerprint density at radius 2 is 0.442 bits per heavy atom. The molecule has 0 spiro atoms. The highest BCUT2D eigenvalue weighted by Crippen LogP contribution is 2.40. The van der Waals surface area contributed by atoms with Crippen LogP contribution in [0, 0.1) is 0 Å². The van der Waals surface area contributed by atoms with Gasteiger partial charge in [0.2, 0.25) is 0 Å². The lowest BCUT2D eigenvalue weighted by atomic mass is 10.1. The fraction of sp³-hybridized carbons (Fsp3) is 0.268. The number of nitrogens with one attached hydrogen (secondary N) is 6. The topological polar surface area (TPSA) is 266 Å². The van der Waals surface area contributed by atoms with Crippen LogP contribution in [-0.4, -0.2) is 155 Å². The maximum absolute atomic E-state index is 15.0. The number of nitrogens with two attached hydrogens (primary N) is 1. The van der Waals surface area contributed by atoms with Gasteiger partial charge in [-0.05, 0) is 69.8 Å². The van der Waals surface area contributed by atoms with E-state index in [0.717, 1.165) is 33.4 Å². The average molecular weight is 1410 g/mol. The third-order valence-corrected chi connectivity index (χ3v) is 17.6. The minimum Gasteiger partial charge on any atom is -0.484 e. The predicted octanol–water partition coefficient (Wildman–Crippen LogP) is 8.83. The Balaban J connectivity index is 0.994. The van der Waals surface area contributed by atoms with E-state index in [1.165, 1.54) is 0 Å². The van der Waals surface area contributed by atoms with Crippen LogP contribution in [0.5, 0.6) is 34.5 Å². The molecule has 0 aromatic heterocycles. The SMILES string of the molecule is NCCN1CCNC(=O)c2ccc(c(OCc3ccccc3)c2OCc2ccccc2)C(=O)NCCN2CCNC(=O)c3ccc(c(OCc4ccccc4)c3OCc3ccccc3)C(=O)NCCN(CCNC(=O)c3ccc(c(OCc4ccccc4)c3OCc3ccccc3)C(=O)NCC2)CC1. The molecule has 9 aromatic rings. The number of fused-ring (bicyclic) bond motifs is 21. The minimum atomic E-state index is -0.526. The van der Waals surface area contributed by atoms with E-state index < -0.39 is 35.4 Å². The summed E-state index contributed by atoms with van der Waals surface area (Å²) in [5.41, 5.74) is 11.9. The van der Waals surface area contributed by atoms with Gasteiger partial charge < -0.3 is 66.1 Å². The summed E-state index contributed by atoms with van der Waals surface area (Å²) in [6, 6.07) is 66.1. The van der Waals surface area contributed by atoms with Crippen molar-refractivity contribution in [1.29, 1.82) is 0 Å². The molecule has 538 valence electrons. The van der Waals surface area contributed by atoms with Crippen molar-refractivity contribution in [3.8, 4) is 34.5 Å². The van der Waals surface area contributed by atoms with E-state index in [2.05, 4.69) is 41.7 Å². The molecule has 8 bridgehead atoms. The van der Waals surface area contributed by atoms with E-state index in [-0.39, 0.29) is 180 Å². The van der Waals surface area contributed by atoms with Crippen LogP contribution in [-0.2, 0) is 39.6 Å². The monoisotopic (exact) mass is 1400 g/mol. The lowest BCUT2D eigenvalue weighted by molar-refractivity contribution is 0.0915. The van der Waals surface area contributed by atoms with Crippen molar-refractivity contribution in [2.45, 2.75) is 39.6 Å². The van der Waals surface area contributed by atoms with Crippen molar-refractivity contribution in [2.75, 3.05) is 105 Å². The first kappa shape index (κ1) is 73.7. The number of carbonyl (C=O) groups excluding carboxylic acids is 6. The molecule has 3 heterocycles. The smallest absolute Gasteiger partial charge is 0.255 e. The van der Waals surface area contributed by atoms with Crippen molar-refractivity contribution in [3.05, 3.63) is 285 Å². The van der Waals surface area contributed by atoms with Crippen molar-refractivity contribution in [2.24, 2.45) is 5.73 Å². The summed E-state index contributed by atoms with van der Waals surface area (Å²) in [6.45, 7) is 3.81. The van der Waals surface area contributed by atoms with Gasteiger partial charge in [-0.25, -0.2) is 0 Å². The van der Waals surface area contributed by atoms with Crippen LogP contribution >= 0.6 is 0 Å². The van der Waals surface area contributed by atoms with Crippen LogP contribution in [0.3, 0.4) is 0 Å². The molecule has 22 nitrogen and oxygen atoms in total. The second-order valence-electron chi connectivity index (χ2n) is 25.0. The van der Waals surface area contributed by atoms with Crippen LogP contribution in [0.2, 0.25) is 0 Å². The number of hydrogen-bond donors (Lipinski definition) is 7. The number of carbonyl (C=O) groups is 6. The largest absolute Gasteiger partial charge is 0.484 e. The highest BCUT2D eigenvalue weighted by atomic mass is 16.5. The fourth-order valence-corrected chi connectivity index (χ4v) is 12.0. The zero-order valence-corrected chi connectivity index (χ0v) is 58.2. The van der Waals surface area contributed by atoms with Gasteiger partial charge in [-0.2, -0.15) is 0 Å². The van der Waals surface area contributed by atoms with Gasteiger partial charge in [0.05, 0.1) is 33.4 Å². The first-order valence-corrected chi connectivity index (χ1v) is 35.1. The number of hydrogen-bond acceptors (Lipinski definition) is 16. The maximum atomic E-state index is 15.0. The predicted molar refractivity (Wildman–Crippen MR) is 396 cm³/mol. The van der Waals surface area contributed by atoms with Gasteiger partial charge >= 0.3 is 0 Å². The Hall–Kier alpha value is -11.6. The van der Waals surface area contributed by atoms with E-state index in [1.54, 1.807) is 36.4 Å². The summed E-state index contributed by atoms with van der Waals surface area (Å²) in [4.78, 5) is 95.6. The molecule has 12 rings (SSSR count). The van der Waals surface area contributed by atoms with E-state index in [1.807, 2.05) is 187 Å². The van der Waals surface area contributed by atoms with E-state index in [0.29, 0.717) is 32.7 Å². The van der Waals surface area contributed by atoms with E-state index in [9.17, 15) is 28.8 Å². The Morgan fingerprint density at radius 3 is 0.644 bits per heavy atom. The summed E-state index contributed by atoms with van der Waals surface area (Å²) >= 11 is 0. The molecule has 3 aliphatic heterocycles. The van der Waals surface area contributed by atoms with Crippen molar-refractivity contribution < 1.29 is 57.2 Å². The molecule has 0 aliphatic carbocycles. The molecule has 0 atom stereocenters. The van der Waals surface area contributed by atoms with Gasteiger partial charge in [-0.3, -0.25) is 43.5 Å². The molecule has 0 radical (unpaired) electrons. The van der Waals surface area contributed by atoms with Crippen LogP contribution in [0.15, 0.2) is 218 Å². The molecule has 8 N–H and O–H groups in total. The summed E-state index contributed by atoms with van der Waals surface area (Å²) < 4.78 is 39.7. The van der Waals surface area contributed by atoms with Gasteiger partial charge in [-0.15, -0.1) is 0 Å². The van der Waals surface area contributed by atoms with E-state index >= 15 is 0 Å². The number of ether oxygens (including phenoxy) is 6. The summed E-state index contributed by atoms with van der Waals surface area (Å²) in [7, 11) is 0. The standard InChI is InChI=1S/C82H88N10O12/c83-37-44-90-45-38-84-77(93)65-31-32-66(72(100-54-60-21-9-2-10-22-60)71(65)99-53-59-19-7-1-8-20-59)78(94)85-39-46-91-47-40-86-79(95)67-33-35-69(75(103-57-63-27-15-5-16-28-63)73(67)101-55-61-23-11-3-12-24-61)81(97)88-42-49-92(52-51-90)50-43-89-82(98)70-36-34-68(80(96)87-41-48-91)74(102-56-62-25-13-4-14-26-62)76(70)104-58-64-29-17-6-18-30-64/h1-36H,37-58,83H2,(H,84,93)(H,85,94)(H,86,95)(H,87,96)(H,88,97)(H,89,98). The van der Waals surface area contributed by atoms with Crippen LogP contribution in [0.4, 0.5) is 0 Å². The number of amides is 6. The third-order valence-electron chi connectivity index (χ3n) is 17.6. The molecule has 0 unspecified atom stereocenters. The summed E-state index contributed by atoms with van der Waals surface area (Å²) in [5, 5.41) is 18.6. The highest BCUT2D eigenvalue weighted by Gasteiger charge is 2.30. The first-order chi connectivity index (χ1) is 51.0. The number of benzene rings is 9. The Labute approximate surface area is 606 Å². The molecule has 3 aliphatic rings. The molecule has 22 heteroatoms. The number of rotatable bonds is 20. The summed E-state index contributed by atoms with van der Waals surface area (Å²) in [5.74, 6) is -2.67. The maximum Gasteiger partial charge on any atom is 0.255 e. The highest BCUT2D eigenvalue weighted by molar-refractivity contribution is 6.05. The van der Waals surface area contributed by atoms with Crippen LogP contribution in [0.1, 0.15) is 95.5 Å². The lowest BCUT2D eigenvalue weighted by Crippen LogP contribution is -2.45. The second kappa shape index (κ2) is 38.5. The Bertz CT molecular complexity index is 4120. The van der Waals surface area contributed by atoms with Crippen molar-refractivity contribution >= 4 is 35.4 Å². The summed E-state index contributed by atoms with van der Waals surface area (Å²) in [6.07, 6.45) is 0. The Kier molecular flexibility index (Phi) is 27.2. The molecule has 0 fully saturated rings. The minimum absolute atomic E-state index is 0.0254. The molecular weight excluding hydrogens is 1320 g/mol. The van der Waals surface area contributed by atoms with Crippen molar-refractivity contribution in [3.63, 3.8) is 0 Å². The van der Waals surface area contributed by atoms with Gasteiger partial charge in [0.15, 0.2) is 34.5 Å². The second-order valence-corrected chi connectivity index (χ2v) is 25.0. The molecule has 9 aromatic carbocycles. The van der Waals surface area contributed by atoms with Gasteiger partial charge in [0.1, 0.15) is 39.6 Å². The first-order valence-electron chi connectivity index (χ1n) is 35.1. The van der Waals surface area contributed by atoms with Crippen molar-refractivity contribution in [1.82, 2.24) is 46.6 Å². The van der Waals surface area contributed by atoms with Crippen LogP contribution < -0.4 is 66.1 Å². The van der Waals surface area contributed by atoms with Gasteiger partial charge in [0.25, 0.3) is 35.4 Å². The van der Waals surface area contributed by atoms with Crippen LogP contribution in [0.25, 0.3) is 0 Å². The lowest BCUT2D eigenvalue weighted by Gasteiger charge is -2.28. The molecular formula is C82H88N10O12. The molecule has 6 amide bonds. The number of nitrogens with zero attached hydrogens (tertiary/aromatic N) is 3. The molecule has 0 saturated heterocycles. The van der Waals surface area contributed by atoms with Gasteiger partial charge in [-0.1, -0.05) is 182 Å². The molecule has 0 saturated carbocycles. The van der Waals surface area contributed by atoms with Gasteiger partial charge in [0, 0.05) is 105 Å². The fourth-order valence-electron chi connectivity index (χ4n) is 12.0. The van der Waals surface area contributed by atoms with E-state index in [4.69, 9.17) is 34.2 Å². The normalized spacial score (nSPS) is 16.2. The zero-order valence-electron chi connectivity index (χ0n) is 58.2. The zero-order chi connectivity index (χ0) is 72.1. The average Bonchev–Trinajstić information content (AvgIpc) is 0.806. The quantitative estimate of drug-likeness (QED) is 0.0376.